The smallest absolute Gasteiger partial charge is 0.258 e. The number of hydrogen-bond donors (Lipinski definition) is 1. The summed E-state index contributed by atoms with van der Waals surface area (Å²) in [5.74, 6) is 1.81. The Morgan fingerprint density at radius 1 is 1.11 bits per heavy atom. The molecule has 0 unspecified atom stereocenters. The largest absolute Gasteiger partial charge is 0.496 e. The van der Waals surface area contributed by atoms with Crippen molar-refractivity contribution in [2.24, 2.45) is 0 Å². The minimum atomic E-state index is -0.143. The fourth-order valence-electron chi connectivity index (χ4n) is 2.91. The molecule has 0 aliphatic rings. The van der Waals surface area contributed by atoms with Gasteiger partial charge in [0.2, 0.25) is 0 Å². The van der Waals surface area contributed by atoms with Crippen molar-refractivity contribution in [2.45, 2.75) is 46.1 Å². The number of carbonyl (C=O) groups excluding carboxylic acids is 1. The van der Waals surface area contributed by atoms with E-state index >= 15 is 0 Å². The van der Waals surface area contributed by atoms with E-state index in [4.69, 9.17) is 9.47 Å². The van der Waals surface area contributed by atoms with Gasteiger partial charge in [0, 0.05) is 0 Å². The van der Waals surface area contributed by atoms with E-state index in [0.29, 0.717) is 11.7 Å². The van der Waals surface area contributed by atoms with Crippen molar-refractivity contribution >= 4 is 21.8 Å². The van der Waals surface area contributed by atoms with Crippen LogP contribution in [-0.4, -0.2) is 19.6 Å². The average molecular weight is 434 g/mol. The Bertz CT molecular complexity index is 789. The number of hydrogen-bond acceptors (Lipinski definition) is 3. The molecule has 146 valence electrons. The van der Waals surface area contributed by atoms with Gasteiger partial charge in [0.15, 0.2) is 6.61 Å². The molecule has 0 saturated heterocycles. The Morgan fingerprint density at radius 3 is 2.33 bits per heavy atom. The maximum absolute atomic E-state index is 12.4. The molecule has 1 atom stereocenters. The zero-order chi connectivity index (χ0) is 20.0. The minimum absolute atomic E-state index is 0.0226. The number of benzene rings is 2. The zero-order valence-corrected chi connectivity index (χ0v) is 18.2. The topological polar surface area (TPSA) is 47.6 Å². The van der Waals surface area contributed by atoms with E-state index in [9.17, 15) is 4.79 Å². The van der Waals surface area contributed by atoms with Crippen molar-refractivity contribution in [1.29, 1.82) is 0 Å². The summed E-state index contributed by atoms with van der Waals surface area (Å²) in [6.45, 7) is 8.30. The molecule has 0 spiro atoms. The normalized spacial score (nSPS) is 12.0. The highest BCUT2D eigenvalue weighted by Crippen LogP contribution is 2.29. The van der Waals surface area contributed by atoms with Crippen molar-refractivity contribution in [2.75, 3.05) is 13.7 Å². The number of carbonyl (C=O) groups is 1. The summed E-state index contributed by atoms with van der Waals surface area (Å²) in [6.07, 6.45) is 0.796. The molecule has 1 N–H and O–H groups in total. The summed E-state index contributed by atoms with van der Waals surface area (Å²) in [4.78, 5) is 12.4. The van der Waals surface area contributed by atoms with Crippen molar-refractivity contribution < 1.29 is 14.3 Å². The van der Waals surface area contributed by atoms with Crippen LogP contribution in [0.2, 0.25) is 0 Å². The fraction of sp³-hybridized carbons (Fsp3) is 0.409. The van der Waals surface area contributed by atoms with E-state index in [1.54, 1.807) is 7.11 Å². The Labute approximate surface area is 170 Å². The van der Waals surface area contributed by atoms with Crippen molar-refractivity contribution in [3.05, 3.63) is 57.6 Å². The Morgan fingerprint density at radius 2 is 1.78 bits per heavy atom. The van der Waals surface area contributed by atoms with Gasteiger partial charge in [-0.15, -0.1) is 0 Å². The molecule has 0 radical (unpaired) electrons. The van der Waals surface area contributed by atoms with Gasteiger partial charge < -0.3 is 14.8 Å². The highest BCUT2D eigenvalue weighted by Gasteiger charge is 2.15. The Hall–Kier alpha value is -2.01. The Kier molecular flexibility index (Phi) is 7.72. The standard InChI is InChI=1S/C22H28BrNO3/c1-6-19(17-8-9-20(26-5)15(4)11-17)24-22(25)13-27-21-10-7-16(14(2)3)12-18(21)23/h7-12,14,19H,6,13H2,1-5H3,(H,24,25)/t19-/m1/s1. The van der Waals surface area contributed by atoms with E-state index in [1.807, 2.05) is 44.2 Å². The van der Waals surface area contributed by atoms with Crippen LogP contribution in [0.1, 0.15) is 55.8 Å². The summed E-state index contributed by atoms with van der Waals surface area (Å²) in [5, 5.41) is 3.05. The molecular weight excluding hydrogens is 406 g/mol. The molecular formula is C22H28BrNO3. The van der Waals surface area contributed by atoms with E-state index in [-0.39, 0.29) is 18.6 Å². The third-order valence-electron chi connectivity index (χ3n) is 4.55. The average Bonchev–Trinajstić information content (AvgIpc) is 2.64. The number of amides is 1. The van der Waals surface area contributed by atoms with Gasteiger partial charge in [0.05, 0.1) is 17.6 Å². The molecule has 27 heavy (non-hydrogen) atoms. The second-order valence-electron chi connectivity index (χ2n) is 6.89. The first kappa shape index (κ1) is 21.3. The number of methoxy groups -OCH3 is 1. The van der Waals surface area contributed by atoms with Crippen LogP contribution in [0.15, 0.2) is 40.9 Å². The first-order valence-corrected chi connectivity index (χ1v) is 10.0. The second-order valence-corrected chi connectivity index (χ2v) is 7.74. The predicted octanol–water partition coefficient (Wildman–Crippen LogP) is 5.54. The number of nitrogens with one attached hydrogen (secondary N) is 1. The molecule has 0 heterocycles. The van der Waals surface area contributed by atoms with E-state index in [0.717, 1.165) is 27.8 Å². The van der Waals surface area contributed by atoms with Gasteiger partial charge in [-0.2, -0.15) is 0 Å². The molecule has 0 fully saturated rings. The maximum atomic E-state index is 12.4. The monoisotopic (exact) mass is 433 g/mol. The molecule has 0 aromatic heterocycles. The first-order chi connectivity index (χ1) is 12.8. The number of ether oxygens (including phenoxy) is 2. The van der Waals surface area contributed by atoms with Crippen LogP contribution < -0.4 is 14.8 Å². The van der Waals surface area contributed by atoms with Crippen molar-refractivity contribution in [1.82, 2.24) is 5.32 Å². The summed E-state index contributed by atoms with van der Waals surface area (Å²) in [5.41, 5.74) is 3.33. The van der Waals surface area contributed by atoms with Gasteiger partial charge in [-0.05, 0) is 70.1 Å². The third-order valence-corrected chi connectivity index (χ3v) is 5.17. The maximum Gasteiger partial charge on any atom is 0.258 e. The number of halogens is 1. The molecule has 2 aromatic rings. The summed E-state index contributed by atoms with van der Waals surface area (Å²) < 4.78 is 11.9. The van der Waals surface area contributed by atoms with Crippen LogP contribution >= 0.6 is 15.9 Å². The molecule has 0 aliphatic carbocycles. The van der Waals surface area contributed by atoms with Crippen LogP contribution in [0, 0.1) is 6.92 Å². The van der Waals surface area contributed by atoms with Crippen LogP contribution in [0.5, 0.6) is 11.5 Å². The third kappa shape index (κ3) is 5.73. The lowest BCUT2D eigenvalue weighted by molar-refractivity contribution is -0.123. The molecule has 4 nitrogen and oxygen atoms in total. The summed E-state index contributed by atoms with van der Waals surface area (Å²) >= 11 is 3.52. The summed E-state index contributed by atoms with van der Waals surface area (Å²) in [6, 6.07) is 11.9. The van der Waals surface area contributed by atoms with E-state index in [1.165, 1.54) is 5.56 Å². The van der Waals surface area contributed by atoms with Gasteiger partial charge in [-0.25, -0.2) is 0 Å². The van der Waals surface area contributed by atoms with Crippen LogP contribution in [-0.2, 0) is 4.79 Å². The quantitative estimate of drug-likeness (QED) is 0.594. The van der Waals surface area contributed by atoms with Crippen molar-refractivity contribution in [3.63, 3.8) is 0 Å². The molecule has 1 amide bonds. The lowest BCUT2D eigenvalue weighted by Crippen LogP contribution is -2.32. The fourth-order valence-corrected chi connectivity index (χ4v) is 3.42. The molecule has 0 saturated carbocycles. The first-order valence-electron chi connectivity index (χ1n) is 9.21. The number of rotatable bonds is 8. The lowest BCUT2D eigenvalue weighted by atomic mass is 10.0. The molecule has 0 bridgehead atoms. The Balaban J connectivity index is 1.98. The molecule has 2 rings (SSSR count). The van der Waals surface area contributed by atoms with Gasteiger partial charge in [-0.1, -0.05) is 39.0 Å². The lowest BCUT2D eigenvalue weighted by Gasteiger charge is -2.19. The zero-order valence-electron chi connectivity index (χ0n) is 16.6. The van der Waals surface area contributed by atoms with Crippen LogP contribution in [0.3, 0.4) is 0 Å². The van der Waals surface area contributed by atoms with Crippen molar-refractivity contribution in [3.8, 4) is 11.5 Å². The van der Waals surface area contributed by atoms with Gasteiger partial charge in [0.25, 0.3) is 5.91 Å². The molecule has 2 aromatic carbocycles. The minimum Gasteiger partial charge on any atom is -0.496 e. The summed E-state index contributed by atoms with van der Waals surface area (Å²) in [7, 11) is 1.66. The van der Waals surface area contributed by atoms with E-state index in [2.05, 4.69) is 41.2 Å². The molecule has 5 heteroatoms. The molecule has 0 aliphatic heterocycles. The highest BCUT2D eigenvalue weighted by molar-refractivity contribution is 9.10. The van der Waals surface area contributed by atoms with Gasteiger partial charge in [0.1, 0.15) is 11.5 Å². The predicted molar refractivity (Wildman–Crippen MR) is 113 cm³/mol. The second kappa shape index (κ2) is 9.79. The van der Waals surface area contributed by atoms with Crippen LogP contribution in [0.25, 0.3) is 0 Å². The van der Waals surface area contributed by atoms with Gasteiger partial charge in [-0.3, -0.25) is 4.79 Å². The van der Waals surface area contributed by atoms with Gasteiger partial charge >= 0.3 is 0 Å². The van der Waals surface area contributed by atoms with Crippen LogP contribution in [0.4, 0.5) is 0 Å². The SMILES string of the molecule is CC[C@@H](NC(=O)COc1ccc(C(C)C)cc1Br)c1ccc(OC)c(C)c1. The number of aryl methyl sites for hydroxylation is 1. The highest BCUT2D eigenvalue weighted by atomic mass is 79.9. The van der Waals surface area contributed by atoms with E-state index < -0.39 is 0 Å².